The Morgan fingerprint density at radius 1 is 1.35 bits per heavy atom. The number of nitrogen functional groups attached to an aromatic ring is 1. The number of methoxy groups -OCH3 is 1. The van der Waals surface area contributed by atoms with Crippen molar-refractivity contribution in [3.8, 4) is 0 Å². The maximum atomic E-state index is 11.6. The molecule has 112 valence electrons. The molecule has 0 bridgehead atoms. The predicted molar refractivity (Wildman–Crippen MR) is 79.0 cm³/mol. The highest BCUT2D eigenvalue weighted by atomic mass is 32.2. The highest BCUT2D eigenvalue weighted by Gasteiger charge is 2.28. The summed E-state index contributed by atoms with van der Waals surface area (Å²) in [5.74, 6) is 0. The molecule has 7 heteroatoms. The van der Waals surface area contributed by atoms with E-state index in [2.05, 4.69) is 5.32 Å². The average Bonchev–Trinajstić information content (AvgIpc) is 2.79. The number of nitrogens with one attached hydrogen (secondary N) is 1. The fourth-order valence-electron chi connectivity index (χ4n) is 2.73. The molecule has 1 fully saturated rings. The fraction of sp³-hybridized carbons (Fsp3) is 0.538. The topological polar surface area (TPSA) is 107 Å². The number of rotatable bonds is 4. The minimum atomic E-state index is -3.78. The monoisotopic (exact) mass is 299 g/mol. The van der Waals surface area contributed by atoms with E-state index in [1.54, 1.807) is 20.1 Å². The molecule has 0 heterocycles. The van der Waals surface area contributed by atoms with Crippen molar-refractivity contribution in [3.63, 3.8) is 0 Å². The third kappa shape index (κ3) is 3.05. The van der Waals surface area contributed by atoms with Crippen LogP contribution in [0.4, 0.5) is 11.4 Å². The van der Waals surface area contributed by atoms with Crippen LogP contribution >= 0.6 is 0 Å². The van der Waals surface area contributed by atoms with Crippen LogP contribution in [0.25, 0.3) is 0 Å². The van der Waals surface area contributed by atoms with Gasteiger partial charge in [-0.2, -0.15) is 0 Å². The van der Waals surface area contributed by atoms with Gasteiger partial charge in [0.15, 0.2) is 0 Å². The summed E-state index contributed by atoms with van der Waals surface area (Å²) >= 11 is 0. The lowest BCUT2D eigenvalue weighted by Crippen LogP contribution is -2.30. The molecule has 6 nitrogen and oxygen atoms in total. The van der Waals surface area contributed by atoms with E-state index in [0.29, 0.717) is 16.9 Å². The van der Waals surface area contributed by atoms with Gasteiger partial charge in [-0.1, -0.05) is 0 Å². The average molecular weight is 299 g/mol. The molecular weight excluding hydrogens is 278 g/mol. The van der Waals surface area contributed by atoms with Gasteiger partial charge < -0.3 is 15.8 Å². The molecule has 0 spiro atoms. The van der Waals surface area contributed by atoms with Gasteiger partial charge in [0.2, 0.25) is 10.0 Å². The number of benzene rings is 1. The van der Waals surface area contributed by atoms with Crippen LogP contribution in [0.1, 0.15) is 24.8 Å². The number of nitrogens with two attached hydrogens (primary N) is 2. The zero-order chi connectivity index (χ0) is 14.9. The molecule has 20 heavy (non-hydrogen) atoms. The Morgan fingerprint density at radius 2 is 2.05 bits per heavy atom. The molecule has 0 aromatic heterocycles. The van der Waals surface area contributed by atoms with Crippen LogP contribution in [-0.4, -0.2) is 27.7 Å². The lowest BCUT2D eigenvalue weighted by Gasteiger charge is -2.23. The Morgan fingerprint density at radius 3 is 2.65 bits per heavy atom. The minimum Gasteiger partial charge on any atom is -0.399 e. The number of hydrogen-bond donors (Lipinski definition) is 3. The first kappa shape index (κ1) is 15.1. The van der Waals surface area contributed by atoms with Gasteiger partial charge in [-0.25, -0.2) is 13.6 Å². The number of anilines is 2. The summed E-state index contributed by atoms with van der Waals surface area (Å²) < 4.78 is 28.6. The van der Waals surface area contributed by atoms with Gasteiger partial charge >= 0.3 is 0 Å². The molecule has 5 N–H and O–H groups in total. The van der Waals surface area contributed by atoms with Crippen molar-refractivity contribution in [3.05, 3.63) is 17.7 Å². The Kier molecular flexibility index (Phi) is 4.22. The van der Waals surface area contributed by atoms with Crippen molar-refractivity contribution in [1.29, 1.82) is 0 Å². The highest BCUT2D eigenvalue weighted by molar-refractivity contribution is 7.89. The Labute approximate surface area is 119 Å². The number of primary sulfonamides is 1. The third-order valence-corrected chi connectivity index (χ3v) is 4.82. The van der Waals surface area contributed by atoms with Gasteiger partial charge in [-0.3, -0.25) is 0 Å². The zero-order valence-electron chi connectivity index (χ0n) is 11.7. The predicted octanol–water partition coefficient (Wildman–Crippen LogP) is 1.20. The minimum absolute atomic E-state index is 0.0620. The molecule has 1 saturated carbocycles. The van der Waals surface area contributed by atoms with E-state index >= 15 is 0 Å². The SMILES string of the molecule is COC1CCCC1Nc1cc(N)cc(S(N)(=O)=O)c1C. The molecular formula is C13H21N3O3S. The van der Waals surface area contributed by atoms with Crippen molar-refractivity contribution < 1.29 is 13.2 Å². The second-order valence-corrected chi connectivity index (χ2v) is 6.72. The summed E-state index contributed by atoms with van der Waals surface area (Å²) in [4.78, 5) is 0.0620. The summed E-state index contributed by atoms with van der Waals surface area (Å²) in [5.41, 5.74) is 7.43. The lowest BCUT2D eigenvalue weighted by molar-refractivity contribution is 0.101. The van der Waals surface area contributed by atoms with Crippen molar-refractivity contribution in [1.82, 2.24) is 0 Å². The Hall–Kier alpha value is -1.31. The maximum absolute atomic E-state index is 11.6. The van der Waals surface area contributed by atoms with Crippen molar-refractivity contribution in [2.24, 2.45) is 5.14 Å². The van der Waals surface area contributed by atoms with Gasteiger partial charge in [0.25, 0.3) is 0 Å². The lowest BCUT2D eigenvalue weighted by atomic mass is 10.1. The van der Waals surface area contributed by atoms with E-state index in [-0.39, 0.29) is 17.0 Å². The highest BCUT2D eigenvalue weighted by Crippen LogP contribution is 2.30. The van der Waals surface area contributed by atoms with Gasteiger partial charge in [-0.15, -0.1) is 0 Å². The molecule has 1 aliphatic rings. The van der Waals surface area contributed by atoms with Crippen LogP contribution in [0.2, 0.25) is 0 Å². The summed E-state index contributed by atoms with van der Waals surface area (Å²) in [6.45, 7) is 1.72. The van der Waals surface area contributed by atoms with E-state index in [0.717, 1.165) is 19.3 Å². The fourth-order valence-corrected chi connectivity index (χ4v) is 3.56. The third-order valence-electron chi connectivity index (χ3n) is 3.79. The standard InChI is InChI=1S/C13H21N3O3S/c1-8-11(16-10-4-3-5-12(10)19-2)6-9(14)7-13(8)20(15,17)18/h6-7,10,12,16H,3-5,14H2,1-2H3,(H2,15,17,18). The first-order chi connectivity index (χ1) is 9.32. The molecule has 0 amide bonds. The van der Waals surface area contributed by atoms with Gasteiger partial charge in [-0.05, 0) is 43.9 Å². The van der Waals surface area contributed by atoms with Crippen molar-refractivity contribution in [2.45, 2.75) is 43.2 Å². The smallest absolute Gasteiger partial charge is 0.238 e. The van der Waals surface area contributed by atoms with Crippen molar-refractivity contribution >= 4 is 21.4 Å². The van der Waals surface area contributed by atoms with Gasteiger partial charge in [0.1, 0.15) is 0 Å². The van der Waals surface area contributed by atoms with E-state index in [9.17, 15) is 8.42 Å². The maximum Gasteiger partial charge on any atom is 0.238 e. The molecule has 1 aliphatic carbocycles. The molecule has 1 aromatic carbocycles. The van der Waals surface area contributed by atoms with E-state index in [1.165, 1.54) is 6.07 Å². The van der Waals surface area contributed by atoms with Crippen LogP contribution in [0.5, 0.6) is 0 Å². The molecule has 2 rings (SSSR count). The van der Waals surface area contributed by atoms with Crippen LogP contribution < -0.4 is 16.2 Å². The van der Waals surface area contributed by atoms with Crippen LogP contribution in [0.3, 0.4) is 0 Å². The second kappa shape index (κ2) is 5.59. The Bertz CT molecular complexity index is 601. The quantitative estimate of drug-likeness (QED) is 0.724. The van der Waals surface area contributed by atoms with Gasteiger partial charge in [0.05, 0.1) is 17.0 Å². The molecule has 2 unspecified atom stereocenters. The van der Waals surface area contributed by atoms with Crippen molar-refractivity contribution in [2.75, 3.05) is 18.2 Å². The first-order valence-electron chi connectivity index (χ1n) is 6.55. The van der Waals surface area contributed by atoms with E-state index in [1.807, 2.05) is 0 Å². The van der Waals surface area contributed by atoms with Gasteiger partial charge in [0, 0.05) is 18.5 Å². The van der Waals surface area contributed by atoms with Crippen LogP contribution in [0, 0.1) is 6.92 Å². The van der Waals surface area contributed by atoms with Crippen LogP contribution in [-0.2, 0) is 14.8 Å². The molecule has 0 radical (unpaired) electrons. The summed E-state index contributed by atoms with van der Waals surface area (Å²) in [5, 5.41) is 8.56. The zero-order valence-corrected chi connectivity index (χ0v) is 12.5. The summed E-state index contributed by atoms with van der Waals surface area (Å²) in [7, 11) is -2.10. The first-order valence-corrected chi connectivity index (χ1v) is 8.10. The number of sulfonamides is 1. The number of hydrogen-bond acceptors (Lipinski definition) is 5. The second-order valence-electron chi connectivity index (χ2n) is 5.19. The molecule has 0 aliphatic heterocycles. The van der Waals surface area contributed by atoms with E-state index in [4.69, 9.17) is 15.6 Å². The normalized spacial score (nSPS) is 22.9. The summed E-state index contributed by atoms with van der Waals surface area (Å²) in [6.07, 6.45) is 3.20. The molecule has 2 atom stereocenters. The number of ether oxygens (including phenoxy) is 1. The largest absolute Gasteiger partial charge is 0.399 e. The van der Waals surface area contributed by atoms with E-state index < -0.39 is 10.0 Å². The Balaban J connectivity index is 2.35. The summed E-state index contributed by atoms with van der Waals surface area (Å²) in [6, 6.07) is 3.28. The molecule has 1 aromatic rings. The molecule has 0 saturated heterocycles. The van der Waals surface area contributed by atoms with Crippen LogP contribution in [0.15, 0.2) is 17.0 Å².